The second-order valence-corrected chi connectivity index (χ2v) is 6.24. The average Bonchev–Trinajstić information content (AvgIpc) is 2.53. The van der Waals surface area contributed by atoms with E-state index in [1.165, 1.54) is 0 Å². The first-order valence-corrected chi connectivity index (χ1v) is 7.74. The molecule has 5 heteroatoms. The first kappa shape index (κ1) is 13.8. The molecule has 0 radical (unpaired) electrons. The van der Waals surface area contributed by atoms with Crippen LogP contribution < -0.4 is 4.74 Å². The van der Waals surface area contributed by atoms with Crippen molar-refractivity contribution in [1.29, 1.82) is 0 Å². The largest absolute Gasteiger partial charge is 0.497 e. The molecule has 3 rings (SSSR count). The second-order valence-electron chi connectivity index (χ2n) is 4.68. The number of fused-ring (bicyclic) bond motifs is 1. The Morgan fingerprint density at radius 3 is 2.57 bits per heavy atom. The number of cyclic esters (lactones) is 1. The van der Waals surface area contributed by atoms with Crippen LogP contribution in [0.2, 0.25) is 0 Å². The zero-order valence-corrected chi connectivity index (χ0v) is 12.3. The Kier molecular flexibility index (Phi) is 3.75. The summed E-state index contributed by atoms with van der Waals surface area (Å²) in [7, 11) is 0.246. The Bertz CT molecular complexity index is 694. The van der Waals surface area contributed by atoms with E-state index in [0.29, 0.717) is 16.9 Å². The maximum atomic E-state index is 12.5. The van der Waals surface area contributed by atoms with Crippen LogP contribution in [0, 0.1) is 0 Å². The molecule has 0 saturated carbocycles. The molecule has 0 bridgehead atoms. The number of hydrogen-bond acceptors (Lipinski definition) is 4. The predicted molar refractivity (Wildman–Crippen MR) is 78.8 cm³/mol. The highest BCUT2D eigenvalue weighted by atomic mass is 32.2. The Morgan fingerprint density at radius 1 is 1.14 bits per heavy atom. The lowest BCUT2D eigenvalue weighted by molar-refractivity contribution is 0.0432. The quantitative estimate of drug-likeness (QED) is 0.818. The maximum absolute atomic E-state index is 12.5. The number of hydrogen-bond donors (Lipinski definition) is 0. The maximum Gasteiger partial charge on any atom is 0.340 e. The summed E-state index contributed by atoms with van der Waals surface area (Å²) in [5.41, 5.74) is 0.684. The molecule has 2 aromatic rings. The zero-order chi connectivity index (χ0) is 14.8. The van der Waals surface area contributed by atoms with E-state index >= 15 is 0 Å². The number of ether oxygens (including phenoxy) is 2. The summed E-state index contributed by atoms with van der Waals surface area (Å²) in [6, 6.07) is 14.3. The van der Waals surface area contributed by atoms with Gasteiger partial charge in [-0.25, -0.2) is 4.79 Å². The number of rotatable bonds is 3. The highest BCUT2D eigenvalue weighted by Crippen LogP contribution is 2.27. The molecular weight excluding hydrogens is 288 g/mol. The number of carbonyl (C=O) groups is 1. The van der Waals surface area contributed by atoms with Gasteiger partial charge in [-0.1, -0.05) is 24.3 Å². The molecule has 0 fully saturated rings. The van der Waals surface area contributed by atoms with Gasteiger partial charge < -0.3 is 9.47 Å². The van der Waals surface area contributed by atoms with Crippen molar-refractivity contribution in [3.63, 3.8) is 0 Å². The van der Waals surface area contributed by atoms with Gasteiger partial charge in [-0.15, -0.1) is 0 Å². The SMILES string of the molecule is COc1ccc(CC2OC(=O)c3ccccc3S2=O)cc1. The van der Waals surface area contributed by atoms with Gasteiger partial charge in [-0.2, -0.15) is 0 Å². The van der Waals surface area contributed by atoms with Crippen LogP contribution in [0.3, 0.4) is 0 Å². The highest BCUT2D eigenvalue weighted by molar-refractivity contribution is 7.85. The van der Waals surface area contributed by atoms with Crippen LogP contribution in [0.25, 0.3) is 0 Å². The molecule has 4 nitrogen and oxygen atoms in total. The summed E-state index contributed by atoms with van der Waals surface area (Å²) in [4.78, 5) is 12.5. The standard InChI is InChI=1S/C16H14O4S/c1-19-12-8-6-11(7-9-12)10-15-20-16(17)13-4-2-3-5-14(13)21(15)18/h2-9,15H,10H2,1H3. The van der Waals surface area contributed by atoms with Gasteiger partial charge in [0.1, 0.15) is 5.75 Å². The molecule has 0 aliphatic carbocycles. The molecular formula is C16H14O4S. The molecule has 108 valence electrons. The summed E-state index contributed by atoms with van der Waals surface area (Å²) < 4.78 is 22.9. The topological polar surface area (TPSA) is 52.6 Å². The molecule has 2 unspecified atom stereocenters. The summed E-state index contributed by atoms with van der Waals surface area (Å²) in [6.07, 6.45) is 0.413. The number of methoxy groups -OCH3 is 1. The third kappa shape index (κ3) is 2.69. The molecule has 0 aromatic heterocycles. The first-order valence-electron chi connectivity index (χ1n) is 6.52. The average molecular weight is 302 g/mol. The van der Waals surface area contributed by atoms with E-state index in [4.69, 9.17) is 9.47 Å². The normalized spacial score (nSPS) is 20.5. The van der Waals surface area contributed by atoms with Crippen LogP contribution in [0.4, 0.5) is 0 Å². The highest BCUT2D eigenvalue weighted by Gasteiger charge is 2.32. The van der Waals surface area contributed by atoms with E-state index in [9.17, 15) is 9.00 Å². The molecule has 2 atom stereocenters. The van der Waals surface area contributed by atoms with E-state index in [2.05, 4.69) is 0 Å². The van der Waals surface area contributed by atoms with E-state index in [1.807, 2.05) is 24.3 Å². The van der Waals surface area contributed by atoms with Crippen LogP contribution in [-0.4, -0.2) is 22.7 Å². The van der Waals surface area contributed by atoms with Gasteiger partial charge in [0.05, 0.1) is 28.4 Å². The molecule has 21 heavy (non-hydrogen) atoms. The van der Waals surface area contributed by atoms with Gasteiger partial charge in [0.2, 0.25) is 0 Å². The van der Waals surface area contributed by atoms with Crippen molar-refractivity contribution in [3.05, 3.63) is 59.7 Å². The van der Waals surface area contributed by atoms with Crippen LogP contribution in [0.15, 0.2) is 53.4 Å². The lowest BCUT2D eigenvalue weighted by Gasteiger charge is -2.23. The van der Waals surface area contributed by atoms with Gasteiger partial charge in [-0.3, -0.25) is 4.21 Å². The van der Waals surface area contributed by atoms with Crippen molar-refractivity contribution in [2.75, 3.05) is 7.11 Å². The number of benzene rings is 2. The third-order valence-electron chi connectivity index (χ3n) is 3.36. The van der Waals surface area contributed by atoms with Crippen LogP contribution in [0.1, 0.15) is 15.9 Å². The predicted octanol–water partition coefficient (Wildman–Crippen LogP) is 2.54. The summed E-state index contributed by atoms with van der Waals surface area (Å²) >= 11 is 0. The van der Waals surface area contributed by atoms with Crippen molar-refractivity contribution >= 4 is 16.8 Å². The Balaban J connectivity index is 1.84. The van der Waals surface area contributed by atoms with Crippen molar-refractivity contribution < 1.29 is 18.5 Å². The van der Waals surface area contributed by atoms with Gasteiger partial charge >= 0.3 is 5.97 Å². The van der Waals surface area contributed by atoms with Crippen LogP contribution in [0.5, 0.6) is 5.75 Å². The summed E-state index contributed by atoms with van der Waals surface area (Å²) in [5.74, 6) is 0.342. The molecule has 1 aliphatic heterocycles. The fourth-order valence-electron chi connectivity index (χ4n) is 2.25. The van der Waals surface area contributed by atoms with E-state index in [0.717, 1.165) is 11.3 Å². The zero-order valence-electron chi connectivity index (χ0n) is 11.4. The van der Waals surface area contributed by atoms with Gasteiger partial charge in [0.25, 0.3) is 0 Å². The molecule has 1 heterocycles. The smallest absolute Gasteiger partial charge is 0.340 e. The number of carbonyl (C=O) groups excluding carboxylic acids is 1. The minimum absolute atomic E-state index is 0.391. The Hall–Kier alpha value is -2.14. The van der Waals surface area contributed by atoms with Gasteiger partial charge in [0, 0.05) is 6.42 Å². The Morgan fingerprint density at radius 2 is 1.86 bits per heavy atom. The van der Waals surface area contributed by atoms with Crippen molar-refractivity contribution in [3.8, 4) is 5.75 Å². The second kappa shape index (κ2) is 5.69. The van der Waals surface area contributed by atoms with Crippen molar-refractivity contribution in [2.45, 2.75) is 16.8 Å². The number of esters is 1. The monoisotopic (exact) mass is 302 g/mol. The van der Waals surface area contributed by atoms with E-state index in [-0.39, 0.29) is 0 Å². The fourth-order valence-corrected chi connectivity index (χ4v) is 3.63. The molecule has 2 aromatic carbocycles. The summed E-state index contributed by atoms with van der Waals surface area (Å²) in [5, 5.41) is 0. The van der Waals surface area contributed by atoms with E-state index < -0.39 is 22.2 Å². The van der Waals surface area contributed by atoms with Crippen LogP contribution in [-0.2, 0) is 22.0 Å². The minimum Gasteiger partial charge on any atom is -0.497 e. The molecule has 0 saturated heterocycles. The van der Waals surface area contributed by atoms with Gasteiger partial charge in [-0.05, 0) is 29.8 Å². The molecule has 0 amide bonds. The third-order valence-corrected chi connectivity index (χ3v) is 4.89. The summed E-state index contributed by atoms with van der Waals surface area (Å²) in [6.45, 7) is 0. The fraction of sp³-hybridized carbons (Fsp3) is 0.188. The Labute approximate surface area is 125 Å². The molecule has 0 spiro atoms. The van der Waals surface area contributed by atoms with Gasteiger partial charge in [0.15, 0.2) is 5.44 Å². The van der Waals surface area contributed by atoms with Crippen molar-refractivity contribution in [2.24, 2.45) is 0 Å². The molecule has 0 N–H and O–H groups in total. The van der Waals surface area contributed by atoms with E-state index in [1.54, 1.807) is 31.4 Å². The van der Waals surface area contributed by atoms with Crippen LogP contribution >= 0.6 is 0 Å². The van der Waals surface area contributed by atoms with Crippen molar-refractivity contribution in [1.82, 2.24) is 0 Å². The first-order chi connectivity index (χ1) is 10.2. The lowest BCUT2D eigenvalue weighted by atomic mass is 10.1. The minimum atomic E-state index is -1.36. The lowest BCUT2D eigenvalue weighted by Crippen LogP contribution is -2.31. The molecule has 1 aliphatic rings.